The smallest absolute Gasteiger partial charge is 0.231 e. The van der Waals surface area contributed by atoms with Crippen LogP contribution in [0.3, 0.4) is 0 Å². The molecule has 0 unspecified atom stereocenters. The number of aromatic nitrogens is 2. The molecular weight excluding hydrogens is 442 g/mol. The number of amides is 1. The van der Waals surface area contributed by atoms with Gasteiger partial charge in [0.15, 0.2) is 11.5 Å². The van der Waals surface area contributed by atoms with Crippen LogP contribution in [0.4, 0.5) is 28.8 Å². The summed E-state index contributed by atoms with van der Waals surface area (Å²) in [5.74, 6) is 2.45. The topological polar surface area (TPSA) is 97.4 Å². The zero-order valence-corrected chi connectivity index (χ0v) is 19.5. The number of hydrogen-bond donors (Lipinski definition) is 3. The Kier molecular flexibility index (Phi) is 6.17. The molecule has 0 atom stereocenters. The van der Waals surface area contributed by atoms with Crippen LogP contribution < -0.4 is 25.4 Å². The Hall–Kier alpha value is -4.59. The van der Waals surface area contributed by atoms with Gasteiger partial charge in [0.2, 0.25) is 18.6 Å². The zero-order chi connectivity index (χ0) is 24.2. The number of rotatable bonds is 7. The van der Waals surface area contributed by atoms with E-state index < -0.39 is 0 Å². The van der Waals surface area contributed by atoms with Gasteiger partial charge in [-0.2, -0.15) is 4.98 Å². The number of hydrogen-bond acceptors (Lipinski definition) is 7. The number of ether oxygens (including phenoxy) is 2. The lowest BCUT2D eigenvalue weighted by molar-refractivity contribution is -0.115. The summed E-state index contributed by atoms with van der Waals surface area (Å²) >= 11 is 0. The molecule has 3 N–H and O–H groups in total. The van der Waals surface area contributed by atoms with Crippen molar-refractivity contribution in [3.8, 4) is 11.5 Å². The molecule has 0 saturated carbocycles. The number of carbonyl (C=O) groups is 1. The average molecular weight is 468 g/mol. The van der Waals surface area contributed by atoms with Crippen LogP contribution in [0.5, 0.6) is 11.5 Å². The summed E-state index contributed by atoms with van der Waals surface area (Å²) in [7, 11) is 0. The number of fused-ring (bicyclic) bond motifs is 1. The maximum atomic E-state index is 12.5. The van der Waals surface area contributed by atoms with Gasteiger partial charge in [-0.3, -0.25) is 4.79 Å². The molecule has 8 heteroatoms. The number of nitrogens with one attached hydrogen (secondary N) is 3. The van der Waals surface area contributed by atoms with E-state index in [1.165, 1.54) is 5.56 Å². The molecule has 35 heavy (non-hydrogen) atoms. The van der Waals surface area contributed by atoms with E-state index >= 15 is 0 Å². The van der Waals surface area contributed by atoms with Crippen molar-refractivity contribution in [3.63, 3.8) is 0 Å². The highest BCUT2D eigenvalue weighted by atomic mass is 16.7. The number of nitrogens with zero attached hydrogens (tertiary/aromatic N) is 2. The normalized spacial score (nSPS) is 11.7. The fourth-order valence-corrected chi connectivity index (χ4v) is 3.68. The number of benzene rings is 3. The quantitative estimate of drug-likeness (QED) is 0.331. The number of carbonyl (C=O) groups excluding carboxylic acids is 1. The second kappa shape index (κ2) is 9.72. The summed E-state index contributed by atoms with van der Waals surface area (Å²) in [4.78, 5) is 21.5. The van der Waals surface area contributed by atoms with E-state index in [1.54, 1.807) is 0 Å². The minimum atomic E-state index is -0.108. The lowest BCUT2D eigenvalue weighted by atomic mass is 10.1. The lowest BCUT2D eigenvalue weighted by Gasteiger charge is -2.11. The maximum absolute atomic E-state index is 12.5. The summed E-state index contributed by atoms with van der Waals surface area (Å²) < 4.78 is 10.7. The van der Waals surface area contributed by atoms with Gasteiger partial charge >= 0.3 is 0 Å². The van der Waals surface area contributed by atoms with Crippen LogP contribution in [0.15, 0.2) is 72.8 Å². The molecule has 3 aromatic carbocycles. The van der Waals surface area contributed by atoms with E-state index in [4.69, 9.17) is 9.47 Å². The number of anilines is 5. The number of aryl methyl sites for hydroxylation is 2. The first-order valence-electron chi connectivity index (χ1n) is 11.2. The maximum Gasteiger partial charge on any atom is 0.231 e. The predicted octanol–water partition coefficient (Wildman–Crippen LogP) is 5.49. The molecular formula is C27H25N5O3. The molecule has 0 spiro atoms. The molecule has 1 amide bonds. The van der Waals surface area contributed by atoms with Gasteiger partial charge in [0.05, 0.1) is 6.42 Å². The second-order valence-electron chi connectivity index (χ2n) is 8.32. The Balaban J connectivity index is 1.20. The third kappa shape index (κ3) is 5.67. The van der Waals surface area contributed by atoms with Crippen LogP contribution in [-0.4, -0.2) is 22.7 Å². The van der Waals surface area contributed by atoms with Crippen LogP contribution in [0.2, 0.25) is 0 Å². The lowest BCUT2D eigenvalue weighted by Crippen LogP contribution is -2.14. The Morgan fingerprint density at radius 2 is 1.49 bits per heavy atom. The van der Waals surface area contributed by atoms with Gasteiger partial charge in [-0.05, 0) is 67.9 Å². The summed E-state index contributed by atoms with van der Waals surface area (Å²) in [5.41, 5.74) is 5.37. The fourth-order valence-electron chi connectivity index (χ4n) is 3.68. The average Bonchev–Trinajstić information content (AvgIpc) is 3.29. The molecule has 176 valence electrons. The highest BCUT2D eigenvalue weighted by molar-refractivity contribution is 5.92. The SMILES string of the molecule is Cc1ccc(Nc2nc(C)cc(Nc3ccc(NC(=O)Cc4ccc5c(c4)OCO5)cc3)n2)cc1. The Labute approximate surface area is 203 Å². The minimum Gasteiger partial charge on any atom is -0.454 e. The summed E-state index contributed by atoms with van der Waals surface area (Å²) in [6.45, 7) is 4.18. The van der Waals surface area contributed by atoms with Gasteiger partial charge < -0.3 is 25.4 Å². The van der Waals surface area contributed by atoms with Gasteiger partial charge in [0, 0.05) is 28.8 Å². The largest absolute Gasteiger partial charge is 0.454 e. The molecule has 8 nitrogen and oxygen atoms in total. The molecule has 0 radical (unpaired) electrons. The molecule has 5 rings (SSSR count). The van der Waals surface area contributed by atoms with E-state index in [9.17, 15) is 4.79 Å². The molecule has 4 aromatic rings. The van der Waals surface area contributed by atoms with Crippen molar-refractivity contribution in [1.82, 2.24) is 9.97 Å². The zero-order valence-electron chi connectivity index (χ0n) is 19.5. The summed E-state index contributed by atoms with van der Waals surface area (Å²) in [6, 6.07) is 22.9. The predicted molar refractivity (Wildman–Crippen MR) is 136 cm³/mol. The van der Waals surface area contributed by atoms with Crippen molar-refractivity contribution in [2.45, 2.75) is 20.3 Å². The molecule has 0 bridgehead atoms. The first-order valence-corrected chi connectivity index (χ1v) is 11.2. The van der Waals surface area contributed by atoms with Gasteiger partial charge in [-0.25, -0.2) is 4.98 Å². The first-order chi connectivity index (χ1) is 17.0. The first kappa shape index (κ1) is 22.2. The highest BCUT2D eigenvalue weighted by Crippen LogP contribution is 2.32. The molecule has 1 aliphatic rings. The molecule has 1 aromatic heterocycles. The Morgan fingerprint density at radius 1 is 0.800 bits per heavy atom. The molecule has 0 saturated heterocycles. The third-order valence-corrected chi connectivity index (χ3v) is 5.40. The van der Waals surface area contributed by atoms with Crippen molar-refractivity contribution in [3.05, 3.63) is 89.6 Å². The van der Waals surface area contributed by atoms with Crippen LogP contribution in [-0.2, 0) is 11.2 Å². The van der Waals surface area contributed by atoms with E-state index in [0.717, 1.165) is 22.6 Å². The van der Waals surface area contributed by atoms with Gasteiger partial charge in [0.1, 0.15) is 5.82 Å². The monoisotopic (exact) mass is 467 g/mol. The molecule has 1 aliphatic heterocycles. The van der Waals surface area contributed by atoms with E-state index in [-0.39, 0.29) is 19.1 Å². The molecule has 2 heterocycles. The van der Waals surface area contributed by atoms with E-state index in [2.05, 4.69) is 25.9 Å². The van der Waals surface area contributed by atoms with Gasteiger partial charge in [0.25, 0.3) is 0 Å². The second-order valence-corrected chi connectivity index (χ2v) is 8.32. The molecule has 0 aliphatic carbocycles. The van der Waals surface area contributed by atoms with Crippen molar-refractivity contribution in [2.24, 2.45) is 0 Å². The van der Waals surface area contributed by atoms with Gasteiger partial charge in [-0.15, -0.1) is 0 Å². The third-order valence-electron chi connectivity index (χ3n) is 5.40. The summed E-state index contributed by atoms with van der Waals surface area (Å²) in [6.07, 6.45) is 0.244. The van der Waals surface area contributed by atoms with E-state index in [1.807, 2.05) is 86.6 Å². The Morgan fingerprint density at radius 3 is 2.29 bits per heavy atom. The van der Waals surface area contributed by atoms with E-state index in [0.29, 0.717) is 29.0 Å². The standard InChI is InChI=1S/C27H25N5O3/c1-17-3-6-22(7-4-17)31-27-28-18(2)13-25(32-27)29-20-8-10-21(11-9-20)30-26(33)15-19-5-12-23-24(14-19)35-16-34-23/h3-14H,15-16H2,1-2H3,(H,30,33)(H2,28,29,31,32). The van der Waals surface area contributed by atoms with Crippen LogP contribution in [0, 0.1) is 13.8 Å². The van der Waals surface area contributed by atoms with Gasteiger partial charge in [-0.1, -0.05) is 23.8 Å². The van der Waals surface area contributed by atoms with Crippen LogP contribution in [0.25, 0.3) is 0 Å². The van der Waals surface area contributed by atoms with Crippen LogP contribution in [0.1, 0.15) is 16.8 Å². The summed E-state index contributed by atoms with van der Waals surface area (Å²) in [5, 5.41) is 9.46. The van der Waals surface area contributed by atoms with Crippen molar-refractivity contribution >= 4 is 34.7 Å². The minimum absolute atomic E-state index is 0.108. The Bertz CT molecular complexity index is 1350. The van der Waals surface area contributed by atoms with Crippen molar-refractivity contribution in [1.29, 1.82) is 0 Å². The van der Waals surface area contributed by atoms with Crippen LogP contribution >= 0.6 is 0 Å². The van der Waals surface area contributed by atoms with Crippen molar-refractivity contribution < 1.29 is 14.3 Å². The molecule has 0 fully saturated rings. The highest BCUT2D eigenvalue weighted by Gasteiger charge is 2.14. The van der Waals surface area contributed by atoms with Crippen molar-refractivity contribution in [2.75, 3.05) is 22.7 Å². The fraction of sp³-hybridized carbons (Fsp3) is 0.148.